The van der Waals surface area contributed by atoms with Crippen LogP contribution < -0.4 is 0 Å². The summed E-state index contributed by atoms with van der Waals surface area (Å²) in [6.07, 6.45) is -0.192. The van der Waals surface area contributed by atoms with Gasteiger partial charge in [0.2, 0.25) is 0 Å². The van der Waals surface area contributed by atoms with Crippen molar-refractivity contribution in [3.8, 4) is 0 Å². The van der Waals surface area contributed by atoms with Crippen LogP contribution in [-0.2, 0) is 16.5 Å². The molecular formula is C12H13NO2. The number of aryl methyl sites for hydroxylation is 1. The smallest absolute Gasteiger partial charge is 0.199 e. The molecule has 0 radical (unpaired) electrons. The van der Waals surface area contributed by atoms with Gasteiger partial charge in [-0.2, -0.15) is 0 Å². The molecule has 2 heterocycles. The molecule has 1 aliphatic heterocycles. The fourth-order valence-electron chi connectivity index (χ4n) is 2.07. The molecule has 1 saturated heterocycles. The van der Waals surface area contributed by atoms with Crippen molar-refractivity contribution in [3.05, 3.63) is 36.0 Å². The minimum absolute atomic E-state index is 0.192. The third-order valence-electron chi connectivity index (χ3n) is 2.85. The Hall–Kier alpha value is -1.32. The summed E-state index contributed by atoms with van der Waals surface area (Å²) in [6.45, 7) is 1.37. The van der Waals surface area contributed by atoms with Crippen LogP contribution in [0.15, 0.2) is 30.3 Å². The van der Waals surface area contributed by atoms with Crippen LogP contribution in [0.2, 0.25) is 0 Å². The Bertz CT molecular complexity index is 483. The second-order valence-electron chi connectivity index (χ2n) is 3.76. The van der Waals surface area contributed by atoms with Crippen LogP contribution in [0.4, 0.5) is 0 Å². The first kappa shape index (κ1) is 8.95. The third-order valence-corrected chi connectivity index (χ3v) is 2.85. The molecule has 0 amide bonds. The number of fused-ring (bicyclic) bond motifs is 1. The molecule has 3 rings (SSSR count). The summed E-state index contributed by atoms with van der Waals surface area (Å²) in [5, 5.41) is 1.23. The molecule has 3 nitrogen and oxygen atoms in total. The van der Waals surface area contributed by atoms with E-state index in [0.717, 1.165) is 5.69 Å². The van der Waals surface area contributed by atoms with Gasteiger partial charge in [0.05, 0.1) is 18.9 Å². The number of benzene rings is 1. The fourth-order valence-corrected chi connectivity index (χ4v) is 2.07. The van der Waals surface area contributed by atoms with E-state index in [1.54, 1.807) is 0 Å². The van der Waals surface area contributed by atoms with Gasteiger partial charge in [-0.05, 0) is 12.1 Å². The van der Waals surface area contributed by atoms with Crippen LogP contribution in [0.5, 0.6) is 0 Å². The van der Waals surface area contributed by atoms with Gasteiger partial charge in [0.1, 0.15) is 0 Å². The zero-order valence-corrected chi connectivity index (χ0v) is 8.64. The van der Waals surface area contributed by atoms with E-state index in [4.69, 9.17) is 9.47 Å². The van der Waals surface area contributed by atoms with E-state index in [1.165, 1.54) is 10.9 Å². The molecule has 0 unspecified atom stereocenters. The molecule has 78 valence electrons. The van der Waals surface area contributed by atoms with Crippen molar-refractivity contribution in [2.75, 3.05) is 13.2 Å². The normalized spacial score (nSPS) is 17.7. The predicted octanol–water partition coefficient (Wildman–Crippen LogP) is 2.22. The summed E-state index contributed by atoms with van der Waals surface area (Å²) >= 11 is 0. The van der Waals surface area contributed by atoms with E-state index in [1.807, 2.05) is 19.2 Å². The lowest BCUT2D eigenvalue weighted by atomic mass is 10.2. The van der Waals surface area contributed by atoms with Gasteiger partial charge < -0.3 is 14.0 Å². The molecule has 1 fully saturated rings. The molecule has 3 heteroatoms. The zero-order chi connectivity index (χ0) is 10.3. The SMILES string of the molecule is Cn1c(C2OCCO2)cc2ccccc21. The van der Waals surface area contributed by atoms with Gasteiger partial charge in [-0.1, -0.05) is 18.2 Å². The average molecular weight is 203 g/mol. The maximum absolute atomic E-state index is 5.51. The van der Waals surface area contributed by atoms with Crippen molar-refractivity contribution in [3.63, 3.8) is 0 Å². The molecule has 0 spiro atoms. The highest BCUT2D eigenvalue weighted by molar-refractivity contribution is 5.81. The fraction of sp³-hybridized carbons (Fsp3) is 0.333. The first-order valence-corrected chi connectivity index (χ1v) is 5.14. The van der Waals surface area contributed by atoms with Crippen LogP contribution in [0.1, 0.15) is 12.0 Å². The number of hydrogen-bond acceptors (Lipinski definition) is 2. The first-order chi connectivity index (χ1) is 7.36. The van der Waals surface area contributed by atoms with Gasteiger partial charge in [0.15, 0.2) is 6.29 Å². The Morgan fingerprint density at radius 1 is 1.20 bits per heavy atom. The van der Waals surface area contributed by atoms with Crippen LogP contribution in [0.3, 0.4) is 0 Å². The van der Waals surface area contributed by atoms with Gasteiger partial charge in [0, 0.05) is 18.0 Å². The molecule has 0 N–H and O–H groups in total. The Balaban J connectivity index is 2.14. The maximum atomic E-state index is 5.51. The number of rotatable bonds is 1. The summed E-state index contributed by atoms with van der Waals surface area (Å²) < 4.78 is 13.1. The molecule has 0 atom stereocenters. The van der Waals surface area contributed by atoms with Gasteiger partial charge in [0.25, 0.3) is 0 Å². The third kappa shape index (κ3) is 1.35. The van der Waals surface area contributed by atoms with E-state index in [2.05, 4.69) is 22.8 Å². The second-order valence-corrected chi connectivity index (χ2v) is 3.76. The van der Waals surface area contributed by atoms with E-state index in [-0.39, 0.29) is 6.29 Å². The number of para-hydroxylation sites is 1. The molecule has 1 aromatic carbocycles. The van der Waals surface area contributed by atoms with E-state index >= 15 is 0 Å². The first-order valence-electron chi connectivity index (χ1n) is 5.14. The zero-order valence-electron chi connectivity index (χ0n) is 8.64. The van der Waals surface area contributed by atoms with E-state index in [0.29, 0.717) is 13.2 Å². The topological polar surface area (TPSA) is 23.4 Å². The number of hydrogen-bond donors (Lipinski definition) is 0. The second kappa shape index (κ2) is 3.36. The summed E-state index contributed by atoms with van der Waals surface area (Å²) in [5.74, 6) is 0. The lowest BCUT2D eigenvalue weighted by Crippen LogP contribution is -2.04. The monoisotopic (exact) mass is 203 g/mol. The number of aromatic nitrogens is 1. The highest BCUT2D eigenvalue weighted by atomic mass is 16.7. The average Bonchev–Trinajstić information content (AvgIpc) is 2.87. The highest BCUT2D eigenvalue weighted by Crippen LogP contribution is 2.28. The molecule has 0 saturated carbocycles. The van der Waals surface area contributed by atoms with Crippen LogP contribution in [-0.4, -0.2) is 17.8 Å². The standard InChI is InChI=1S/C12H13NO2/c1-13-10-5-3-2-4-9(10)8-11(13)12-14-6-7-15-12/h2-5,8,12H,6-7H2,1H3. The molecular weight excluding hydrogens is 190 g/mol. The van der Waals surface area contributed by atoms with Crippen molar-refractivity contribution in [2.24, 2.45) is 7.05 Å². The van der Waals surface area contributed by atoms with Crippen molar-refractivity contribution in [1.82, 2.24) is 4.57 Å². The molecule has 2 aromatic rings. The number of nitrogens with zero attached hydrogens (tertiary/aromatic N) is 1. The van der Waals surface area contributed by atoms with Gasteiger partial charge >= 0.3 is 0 Å². The summed E-state index contributed by atoms with van der Waals surface area (Å²) in [7, 11) is 2.04. The van der Waals surface area contributed by atoms with E-state index < -0.39 is 0 Å². The molecule has 1 aromatic heterocycles. The van der Waals surface area contributed by atoms with Gasteiger partial charge in [-0.15, -0.1) is 0 Å². The van der Waals surface area contributed by atoms with Crippen molar-refractivity contribution < 1.29 is 9.47 Å². The number of ether oxygens (including phenoxy) is 2. The minimum atomic E-state index is -0.192. The van der Waals surface area contributed by atoms with Crippen LogP contribution in [0, 0.1) is 0 Å². The van der Waals surface area contributed by atoms with Gasteiger partial charge in [-0.3, -0.25) is 0 Å². The Morgan fingerprint density at radius 2 is 1.93 bits per heavy atom. The highest BCUT2D eigenvalue weighted by Gasteiger charge is 2.21. The quantitative estimate of drug-likeness (QED) is 0.709. The predicted molar refractivity (Wildman–Crippen MR) is 57.6 cm³/mol. The summed E-state index contributed by atoms with van der Waals surface area (Å²) in [4.78, 5) is 0. The van der Waals surface area contributed by atoms with Crippen LogP contribution >= 0.6 is 0 Å². The van der Waals surface area contributed by atoms with E-state index in [9.17, 15) is 0 Å². The minimum Gasteiger partial charge on any atom is -0.345 e. The lowest BCUT2D eigenvalue weighted by molar-refractivity contribution is -0.0488. The summed E-state index contributed by atoms with van der Waals surface area (Å²) in [6, 6.07) is 10.4. The Morgan fingerprint density at radius 3 is 2.67 bits per heavy atom. The largest absolute Gasteiger partial charge is 0.345 e. The van der Waals surface area contributed by atoms with Crippen molar-refractivity contribution >= 4 is 10.9 Å². The Kier molecular flexibility index (Phi) is 2.01. The van der Waals surface area contributed by atoms with Gasteiger partial charge in [-0.25, -0.2) is 0 Å². The molecule has 0 aliphatic carbocycles. The molecule has 1 aliphatic rings. The maximum Gasteiger partial charge on any atom is 0.199 e. The Labute approximate surface area is 88.2 Å². The van der Waals surface area contributed by atoms with Crippen molar-refractivity contribution in [2.45, 2.75) is 6.29 Å². The molecule has 0 bridgehead atoms. The summed E-state index contributed by atoms with van der Waals surface area (Å²) in [5.41, 5.74) is 2.31. The van der Waals surface area contributed by atoms with Crippen LogP contribution in [0.25, 0.3) is 10.9 Å². The van der Waals surface area contributed by atoms with Crippen molar-refractivity contribution in [1.29, 1.82) is 0 Å². The lowest BCUT2D eigenvalue weighted by Gasteiger charge is -2.10. The molecule has 15 heavy (non-hydrogen) atoms.